The summed E-state index contributed by atoms with van der Waals surface area (Å²) in [5.41, 5.74) is 8.64. The molecular formula is C15H26N2. The maximum atomic E-state index is 5.77. The van der Waals surface area contributed by atoms with Gasteiger partial charge in [0, 0.05) is 18.8 Å². The molecule has 0 atom stereocenters. The van der Waals surface area contributed by atoms with Gasteiger partial charge in [0.15, 0.2) is 0 Å². The van der Waals surface area contributed by atoms with Crippen LogP contribution in [0.2, 0.25) is 0 Å². The minimum Gasteiger partial charge on any atom is -0.372 e. The molecule has 0 spiro atoms. The van der Waals surface area contributed by atoms with Gasteiger partial charge in [0.05, 0.1) is 0 Å². The van der Waals surface area contributed by atoms with Crippen LogP contribution in [-0.2, 0) is 6.42 Å². The molecule has 1 aromatic rings. The quantitative estimate of drug-likeness (QED) is 0.819. The molecule has 0 aliphatic rings. The normalized spacial score (nSPS) is 11.6. The van der Waals surface area contributed by atoms with Crippen LogP contribution in [0, 0.1) is 5.41 Å². The summed E-state index contributed by atoms with van der Waals surface area (Å²) >= 11 is 0. The van der Waals surface area contributed by atoms with Crippen LogP contribution < -0.4 is 10.6 Å². The van der Waals surface area contributed by atoms with Crippen molar-refractivity contribution in [1.82, 2.24) is 0 Å². The summed E-state index contributed by atoms with van der Waals surface area (Å²) < 4.78 is 0. The van der Waals surface area contributed by atoms with E-state index in [1.54, 1.807) is 0 Å². The molecule has 0 aromatic heterocycles. The molecule has 0 heterocycles. The van der Waals surface area contributed by atoms with Crippen LogP contribution in [0.3, 0.4) is 0 Å². The SMILES string of the molecule is CCN(CC)c1ccc(CC(C)(C)CN)cc1. The molecule has 1 rings (SSSR count). The first-order chi connectivity index (χ1) is 8.02. The third kappa shape index (κ3) is 4.04. The third-order valence-corrected chi connectivity index (χ3v) is 3.30. The lowest BCUT2D eigenvalue weighted by Crippen LogP contribution is -2.26. The fourth-order valence-electron chi connectivity index (χ4n) is 2.04. The van der Waals surface area contributed by atoms with Gasteiger partial charge in [0.2, 0.25) is 0 Å². The van der Waals surface area contributed by atoms with Crippen LogP contribution in [0.1, 0.15) is 33.3 Å². The zero-order chi connectivity index (χ0) is 12.9. The minimum absolute atomic E-state index is 0.191. The zero-order valence-corrected chi connectivity index (χ0v) is 11.7. The Morgan fingerprint density at radius 3 is 2.00 bits per heavy atom. The summed E-state index contributed by atoms with van der Waals surface area (Å²) in [5.74, 6) is 0. The summed E-state index contributed by atoms with van der Waals surface area (Å²) in [6.07, 6.45) is 1.04. The number of anilines is 1. The Hall–Kier alpha value is -1.02. The molecule has 0 aliphatic carbocycles. The van der Waals surface area contributed by atoms with Crippen LogP contribution in [-0.4, -0.2) is 19.6 Å². The topological polar surface area (TPSA) is 29.3 Å². The Kier molecular flexibility index (Phi) is 5.01. The second-order valence-electron chi connectivity index (χ2n) is 5.38. The molecule has 2 N–H and O–H groups in total. The Morgan fingerprint density at radius 2 is 1.59 bits per heavy atom. The predicted octanol–water partition coefficient (Wildman–Crippen LogP) is 3.06. The average molecular weight is 234 g/mol. The maximum absolute atomic E-state index is 5.77. The molecule has 0 fully saturated rings. The average Bonchev–Trinajstić information content (AvgIpc) is 2.32. The van der Waals surface area contributed by atoms with Gasteiger partial charge in [-0.05, 0) is 49.9 Å². The van der Waals surface area contributed by atoms with E-state index in [-0.39, 0.29) is 5.41 Å². The summed E-state index contributed by atoms with van der Waals surface area (Å²) in [7, 11) is 0. The monoisotopic (exact) mass is 234 g/mol. The van der Waals surface area contributed by atoms with Gasteiger partial charge in [-0.1, -0.05) is 26.0 Å². The van der Waals surface area contributed by atoms with E-state index in [2.05, 4.69) is 56.9 Å². The van der Waals surface area contributed by atoms with Crippen molar-refractivity contribution in [1.29, 1.82) is 0 Å². The molecule has 0 amide bonds. The van der Waals surface area contributed by atoms with Crippen molar-refractivity contribution in [2.45, 2.75) is 34.1 Å². The molecule has 0 aliphatic heterocycles. The molecule has 0 unspecified atom stereocenters. The maximum Gasteiger partial charge on any atom is 0.0366 e. The van der Waals surface area contributed by atoms with Gasteiger partial charge in [0.1, 0.15) is 0 Å². The summed E-state index contributed by atoms with van der Waals surface area (Å²) in [6, 6.07) is 8.89. The zero-order valence-electron chi connectivity index (χ0n) is 11.7. The van der Waals surface area contributed by atoms with Crippen molar-refractivity contribution >= 4 is 5.69 Å². The van der Waals surface area contributed by atoms with Crippen molar-refractivity contribution in [3.63, 3.8) is 0 Å². The van der Waals surface area contributed by atoms with E-state index in [9.17, 15) is 0 Å². The smallest absolute Gasteiger partial charge is 0.0366 e. The Bertz CT molecular complexity index is 323. The highest BCUT2D eigenvalue weighted by Gasteiger charge is 2.16. The van der Waals surface area contributed by atoms with Gasteiger partial charge in [-0.15, -0.1) is 0 Å². The van der Waals surface area contributed by atoms with Gasteiger partial charge in [0.25, 0.3) is 0 Å². The molecule has 0 saturated heterocycles. The molecule has 1 aromatic carbocycles. The van der Waals surface area contributed by atoms with Gasteiger partial charge >= 0.3 is 0 Å². The highest BCUT2D eigenvalue weighted by molar-refractivity contribution is 5.47. The molecule has 0 radical (unpaired) electrons. The van der Waals surface area contributed by atoms with E-state index >= 15 is 0 Å². The molecule has 96 valence electrons. The van der Waals surface area contributed by atoms with Gasteiger partial charge in [-0.25, -0.2) is 0 Å². The van der Waals surface area contributed by atoms with Gasteiger partial charge < -0.3 is 10.6 Å². The van der Waals surface area contributed by atoms with Crippen LogP contribution in [0.25, 0.3) is 0 Å². The molecule has 17 heavy (non-hydrogen) atoms. The van der Waals surface area contributed by atoms with Crippen molar-refractivity contribution in [3.05, 3.63) is 29.8 Å². The number of benzene rings is 1. The first-order valence-electron chi connectivity index (χ1n) is 6.56. The number of nitrogens with two attached hydrogens (primary N) is 1. The standard InChI is InChI=1S/C15H26N2/c1-5-17(6-2)14-9-7-13(8-10-14)11-15(3,4)12-16/h7-10H,5-6,11-12,16H2,1-4H3. The lowest BCUT2D eigenvalue weighted by Gasteiger charge is -2.24. The first kappa shape index (κ1) is 14.0. The van der Waals surface area contributed by atoms with Crippen LogP contribution >= 0.6 is 0 Å². The summed E-state index contributed by atoms with van der Waals surface area (Å²) in [5, 5.41) is 0. The molecule has 2 heteroatoms. The van der Waals surface area contributed by atoms with E-state index < -0.39 is 0 Å². The second-order valence-corrected chi connectivity index (χ2v) is 5.38. The van der Waals surface area contributed by atoms with Crippen molar-refractivity contribution < 1.29 is 0 Å². The van der Waals surface area contributed by atoms with Crippen LogP contribution in [0.15, 0.2) is 24.3 Å². The highest BCUT2D eigenvalue weighted by atomic mass is 15.1. The van der Waals surface area contributed by atoms with Crippen molar-refractivity contribution in [2.75, 3.05) is 24.5 Å². The highest BCUT2D eigenvalue weighted by Crippen LogP contribution is 2.22. The molecule has 0 saturated carbocycles. The minimum atomic E-state index is 0.191. The van der Waals surface area contributed by atoms with Crippen LogP contribution in [0.5, 0.6) is 0 Å². The predicted molar refractivity (Wildman–Crippen MR) is 76.5 cm³/mol. The molecule has 2 nitrogen and oxygen atoms in total. The van der Waals surface area contributed by atoms with E-state index in [1.165, 1.54) is 11.3 Å². The van der Waals surface area contributed by atoms with E-state index in [1.807, 2.05) is 0 Å². The van der Waals surface area contributed by atoms with E-state index in [0.29, 0.717) is 0 Å². The van der Waals surface area contributed by atoms with Gasteiger partial charge in [-0.3, -0.25) is 0 Å². The fraction of sp³-hybridized carbons (Fsp3) is 0.600. The summed E-state index contributed by atoms with van der Waals surface area (Å²) in [4.78, 5) is 2.36. The fourth-order valence-corrected chi connectivity index (χ4v) is 2.04. The Morgan fingerprint density at radius 1 is 1.06 bits per heavy atom. The Balaban J connectivity index is 2.74. The largest absolute Gasteiger partial charge is 0.372 e. The number of hydrogen-bond acceptors (Lipinski definition) is 2. The van der Waals surface area contributed by atoms with Crippen molar-refractivity contribution in [3.8, 4) is 0 Å². The lowest BCUT2D eigenvalue weighted by molar-refractivity contribution is 0.377. The third-order valence-electron chi connectivity index (χ3n) is 3.30. The number of hydrogen-bond donors (Lipinski definition) is 1. The molecular weight excluding hydrogens is 208 g/mol. The van der Waals surface area contributed by atoms with Gasteiger partial charge in [-0.2, -0.15) is 0 Å². The van der Waals surface area contributed by atoms with E-state index in [4.69, 9.17) is 5.73 Å². The van der Waals surface area contributed by atoms with Crippen LogP contribution in [0.4, 0.5) is 5.69 Å². The Labute approximate surface area is 106 Å². The first-order valence-corrected chi connectivity index (χ1v) is 6.56. The van der Waals surface area contributed by atoms with Crippen molar-refractivity contribution in [2.24, 2.45) is 11.1 Å². The number of rotatable bonds is 6. The number of nitrogens with zero attached hydrogens (tertiary/aromatic N) is 1. The molecule has 0 bridgehead atoms. The second kappa shape index (κ2) is 6.06. The summed E-state index contributed by atoms with van der Waals surface area (Å²) in [6.45, 7) is 11.7. The van der Waals surface area contributed by atoms with E-state index in [0.717, 1.165) is 26.1 Å². The lowest BCUT2D eigenvalue weighted by atomic mass is 9.86.